The lowest BCUT2D eigenvalue weighted by Crippen LogP contribution is -2.22. The van der Waals surface area contributed by atoms with Gasteiger partial charge in [-0.2, -0.15) is 0 Å². The van der Waals surface area contributed by atoms with E-state index >= 15 is 0 Å². The monoisotopic (exact) mass is 222 g/mol. The maximum absolute atomic E-state index is 11.4. The van der Waals surface area contributed by atoms with Crippen LogP contribution in [-0.4, -0.2) is 24.6 Å². The molecule has 0 aliphatic heterocycles. The lowest BCUT2D eigenvalue weighted by atomic mass is 10.0. The van der Waals surface area contributed by atoms with Gasteiger partial charge in [0.05, 0.1) is 13.0 Å². The fourth-order valence-electron chi connectivity index (χ4n) is 1.60. The number of esters is 1. The van der Waals surface area contributed by atoms with E-state index in [9.17, 15) is 4.79 Å². The van der Waals surface area contributed by atoms with Crippen molar-refractivity contribution < 1.29 is 9.53 Å². The van der Waals surface area contributed by atoms with Crippen LogP contribution in [0.15, 0.2) is 18.5 Å². The Morgan fingerprint density at radius 1 is 1.62 bits per heavy atom. The highest BCUT2D eigenvalue weighted by atomic mass is 16.5. The first kappa shape index (κ1) is 12.6. The molecule has 1 N–H and O–H groups in total. The van der Waals surface area contributed by atoms with Crippen LogP contribution in [0.25, 0.3) is 0 Å². The molecule has 4 nitrogen and oxygen atoms in total. The Morgan fingerprint density at radius 2 is 2.38 bits per heavy atom. The van der Waals surface area contributed by atoms with Crippen molar-refractivity contribution in [2.45, 2.75) is 26.3 Å². The van der Waals surface area contributed by atoms with Crippen LogP contribution in [0.3, 0.4) is 0 Å². The van der Waals surface area contributed by atoms with Crippen LogP contribution in [0.5, 0.6) is 0 Å². The Labute approximate surface area is 96.0 Å². The molecule has 0 spiro atoms. The minimum atomic E-state index is -0.190. The molecule has 1 aromatic heterocycles. The second kappa shape index (κ2) is 6.23. The fourth-order valence-corrected chi connectivity index (χ4v) is 1.60. The number of rotatable bonds is 5. The van der Waals surface area contributed by atoms with Gasteiger partial charge in [-0.1, -0.05) is 0 Å². The summed E-state index contributed by atoms with van der Waals surface area (Å²) >= 11 is 0. The van der Waals surface area contributed by atoms with Crippen molar-refractivity contribution in [3.8, 4) is 0 Å². The van der Waals surface area contributed by atoms with Gasteiger partial charge in [0.15, 0.2) is 0 Å². The van der Waals surface area contributed by atoms with E-state index in [2.05, 4.69) is 10.3 Å². The largest absolute Gasteiger partial charge is 0.466 e. The van der Waals surface area contributed by atoms with Gasteiger partial charge < -0.3 is 10.1 Å². The number of ether oxygens (including phenoxy) is 1. The SMILES string of the molecule is CCOC(=O)CC(NC)c1cnccc1C. The Hall–Kier alpha value is -1.42. The highest BCUT2D eigenvalue weighted by Gasteiger charge is 2.16. The first-order valence-electron chi connectivity index (χ1n) is 5.42. The summed E-state index contributed by atoms with van der Waals surface area (Å²) in [6.45, 7) is 4.23. The quantitative estimate of drug-likeness (QED) is 0.769. The molecule has 4 heteroatoms. The number of hydrogen-bond acceptors (Lipinski definition) is 4. The van der Waals surface area contributed by atoms with Gasteiger partial charge in [0, 0.05) is 18.4 Å². The average molecular weight is 222 g/mol. The Kier molecular flexibility index (Phi) is 4.92. The molecule has 0 fully saturated rings. The number of aryl methyl sites for hydroxylation is 1. The molecule has 0 saturated carbocycles. The molecule has 1 heterocycles. The van der Waals surface area contributed by atoms with Gasteiger partial charge in [0.1, 0.15) is 0 Å². The van der Waals surface area contributed by atoms with Crippen LogP contribution < -0.4 is 5.32 Å². The third-order valence-electron chi connectivity index (χ3n) is 2.48. The Bertz CT molecular complexity index is 353. The molecule has 0 radical (unpaired) electrons. The van der Waals surface area contributed by atoms with Gasteiger partial charge in [-0.05, 0) is 38.1 Å². The van der Waals surface area contributed by atoms with E-state index in [1.54, 1.807) is 12.4 Å². The van der Waals surface area contributed by atoms with Crippen molar-refractivity contribution in [1.29, 1.82) is 0 Å². The zero-order chi connectivity index (χ0) is 12.0. The zero-order valence-corrected chi connectivity index (χ0v) is 9.99. The summed E-state index contributed by atoms with van der Waals surface area (Å²) in [5.74, 6) is -0.190. The van der Waals surface area contributed by atoms with Gasteiger partial charge in [0.2, 0.25) is 0 Å². The lowest BCUT2D eigenvalue weighted by Gasteiger charge is -2.17. The van der Waals surface area contributed by atoms with Gasteiger partial charge in [-0.15, -0.1) is 0 Å². The minimum absolute atomic E-state index is 0.0345. The minimum Gasteiger partial charge on any atom is -0.466 e. The number of carbonyl (C=O) groups is 1. The molecule has 1 unspecified atom stereocenters. The molecule has 88 valence electrons. The molecule has 1 aromatic rings. The lowest BCUT2D eigenvalue weighted by molar-refractivity contribution is -0.143. The summed E-state index contributed by atoms with van der Waals surface area (Å²) in [6.07, 6.45) is 3.86. The summed E-state index contributed by atoms with van der Waals surface area (Å²) in [5.41, 5.74) is 2.16. The topological polar surface area (TPSA) is 51.2 Å². The molecule has 0 aliphatic rings. The van der Waals surface area contributed by atoms with E-state index in [4.69, 9.17) is 4.74 Å². The van der Waals surface area contributed by atoms with Crippen LogP contribution in [0, 0.1) is 6.92 Å². The van der Waals surface area contributed by atoms with Crippen molar-refractivity contribution >= 4 is 5.97 Å². The van der Waals surface area contributed by atoms with Gasteiger partial charge in [-0.25, -0.2) is 0 Å². The zero-order valence-electron chi connectivity index (χ0n) is 9.99. The van der Waals surface area contributed by atoms with Gasteiger partial charge >= 0.3 is 5.97 Å². The highest BCUT2D eigenvalue weighted by Crippen LogP contribution is 2.19. The van der Waals surface area contributed by atoms with Gasteiger partial charge in [0.25, 0.3) is 0 Å². The highest BCUT2D eigenvalue weighted by molar-refractivity contribution is 5.70. The number of nitrogens with zero attached hydrogens (tertiary/aromatic N) is 1. The third kappa shape index (κ3) is 3.31. The van der Waals surface area contributed by atoms with Crippen molar-refractivity contribution in [3.63, 3.8) is 0 Å². The molecular formula is C12H18N2O2. The molecular weight excluding hydrogens is 204 g/mol. The fraction of sp³-hybridized carbons (Fsp3) is 0.500. The smallest absolute Gasteiger partial charge is 0.307 e. The molecule has 0 amide bonds. The maximum atomic E-state index is 11.4. The van der Waals surface area contributed by atoms with E-state index in [0.29, 0.717) is 13.0 Å². The molecule has 0 aromatic carbocycles. The van der Waals surface area contributed by atoms with Crippen molar-refractivity contribution in [2.24, 2.45) is 0 Å². The Balaban J connectivity index is 2.75. The van der Waals surface area contributed by atoms with E-state index in [-0.39, 0.29) is 12.0 Å². The van der Waals surface area contributed by atoms with Crippen molar-refractivity contribution in [1.82, 2.24) is 10.3 Å². The first-order chi connectivity index (χ1) is 7.69. The molecule has 1 rings (SSSR count). The van der Waals surface area contributed by atoms with Crippen LogP contribution in [0.1, 0.15) is 30.5 Å². The summed E-state index contributed by atoms with van der Waals surface area (Å²) in [4.78, 5) is 15.5. The van der Waals surface area contributed by atoms with Crippen LogP contribution in [0.2, 0.25) is 0 Å². The van der Waals surface area contributed by atoms with E-state index in [1.807, 2.05) is 27.0 Å². The molecule has 1 atom stereocenters. The van der Waals surface area contributed by atoms with E-state index in [0.717, 1.165) is 11.1 Å². The second-order valence-electron chi connectivity index (χ2n) is 3.58. The van der Waals surface area contributed by atoms with E-state index < -0.39 is 0 Å². The molecule has 0 aliphatic carbocycles. The predicted octanol–water partition coefficient (Wildman–Crippen LogP) is 1.60. The second-order valence-corrected chi connectivity index (χ2v) is 3.58. The molecule has 16 heavy (non-hydrogen) atoms. The number of hydrogen-bond donors (Lipinski definition) is 1. The van der Waals surface area contributed by atoms with Crippen LogP contribution in [-0.2, 0) is 9.53 Å². The summed E-state index contributed by atoms with van der Waals surface area (Å²) in [7, 11) is 1.83. The number of aromatic nitrogens is 1. The van der Waals surface area contributed by atoms with Crippen molar-refractivity contribution in [2.75, 3.05) is 13.7 Å². The number of nitrogens with one attached hydrogen (secondary N) is 1. The maximum Gasteiger partial charge on any atom is 0.307 e. The summed E-state index contributed by atoms with van der Waals surface area (Å²) < 4.78 is 4.94. The van der Waals surface area contributed by atoms with Crippen LogP contribution in [0.4, 0.5) is 0 Å². The average Bonchev–Trinajstić information content (AvgIpc) is 2.27. The Morgan fingerprint density at radius 3 is 2.94 bits per heavy atom. The number of pyridine rings is 1. The van der Waals surface area contributed by atoms with Crippen LogP contribution >= 0.6 is 0 Å². The summed E-state index contributed by atoms with van der Waals surface area (Å²) in [6, 6.07) is 1.90. The normalized spacial score (nSPS) is 12.2. The van der Waals surface area contributed by atoms with Crippen molar-refractivity contribution in [3.05, 3.63) is 29.6 Å². The summed E-state index contributed by atoms with van der Waals surface area (Å²) in [5, 5.41) is 3.11. The first-order valence-corrected chi connectivity index (χ1v) is 5.42. The van der Waals surface area contributed by atoms with E-state index in [1.165, 1.54) is 0 Å². The standard InChI is InChI=1S/C12H18N2O2/c1-4-16-12(15)7-11(13-3)10-8-14-6-5-9(10)2/h5-6,8,11,13H,4,7H2,1-3H3. The predicted molar refractivity (Wildman–Crippen MR) is 62.0 cm³/mol. The third-order valence-corrected chi connectivity index (χ3v) is 2.48. The molecule has 0 saturated heterocycles. The number of carbonyl (C=O) groups excluding carboxylic acids is 1. The molecule has 0 bridgehead atoms. The van der Waals surface area contributed by atoms with Gasteiger partial charge in [-0.3, -0.25) is 9.78 Å².